The summed E-state index contributed by atoms with van der Waals surface area (Å²) in [5, 5.41) is -0.384. The molecule has 5 heteroatoms. The highest BCUT2D eigenvalue weighted by molar-refractivity contribution is 7.91. The second-order valence-electron chi connectivity index (χ2n) is 3.60. The van der Waals surface area contributed by atoms with Crippen LogP contribution in [0.25, 0.3) is 0 Å². The van der Waals surface area contributed by atoms with Crippen molar-refractivity contribution >= 4 is 15.9 Å². The van der Waals surface area contributed by atoms with Crippen LogP contribution >= 0.6 is 0 Å². The molecule has 0 bridgehead atoms. The van der Waals surface area contributed by atoms with Crippen LogP contribution < -0.4 is 0 Å². The van der Waals surface area contributed by atoms with E-state index in [-0.39, 0.29) is 11.4 Å². The Morgan fingerprint density at radius 3 is 2.85 bits per heavy atom. The Morgan fingerprint density at radius 1 is 1.38 bits per heavy atom. The normalized spacial score (nSPS) is 37.2. The molecule has 74 valence electrons. The average molecular weight is 203 g/mol. The number of nitrogens with zero attached hydrogens (tertiary/aromatic N) is 1. The Balaban J connectivity index is 2.34. The molecule has 0 saturated heterocycles. The van der Waals surface area contributed by atoms with E-state index >= 15 is 0 Å². The second kappa shape index (κ2) is 2.97. The highest BCUT2D eigenvalue weighted by Gasteiger charge is 2.40. The molecule has 1 aliphatic heterocycles. The van der Waals surface area contributed by atoms with Crippen molar-refractivity contribution in [1.29, 1.82) is 0 Å². The molecule has 0 aromatic heterocycles. The fourth-order valence-electron chi connectivity index (χ4n) is 2.03. The molecule has 13 heavy (non-hydrogen) atoms. The first-order chi connectivity index (χ1) is 6.09. The van der Waals surface area contributed by atoms with Crippen molar-refractivity contribution in [2.24, 2.45) is 4.40 Å². The Bertz CT molecular complexity index is 333. The van der Waals surface area contributed by atoms with E-state index in [1.54, 1.807) is 6.92 Å². The summed E-state index contributed by atoms with van der Waals surface area (Å²) in [5.74, 6) is 0.295. The first-order valence-corrected chi connectivity index (χ1v) is 6.07. The predicted octanol–water partition coefficient (Wildman–Crippen LogP) is 1.08. The van der Waals surface area contributed by atoms with Gasteiger partial charge in [0, 0.05) is 6.92 Å². The van der Waals surface area contributed by atoms with Crippen LogP contribution in [-0.2, 0) is 14.8 Å². The zero-order valence-corrected chi connectivity index (χ0v) is 8.38. The highest BCUT2D eigenvalue weighted by Crippen LogP contribution is 2.30. The second-order valence-corrected chi connectivity index (χ2v) is 5.42. The van der Waals surface area contributed by atoms with E-state index in [9.17, 15) is 8.42 Å². The summed E-state index contributed by atoms with van der Waals surface area (Å²) in [6.07, 6.45) is 3.43. The average Bonchev–Trinajstić information content (AvgIpc) is 2.02. The van der Waals surface area contributed by atoms with Gasteiger partial charge >= 0.3 is 0 Å². The SMILES string of the molecule is CC1=NS(=O)(=O)C2CCCCC2O1. The summed E-state index contributed by atoms with van der Waals surface area (Å²) in [6, 6.07) is 0. The lowest BCUT2D eigenvalue weighted by Crippen LogP contribution is -2.42. The van der Waals surface area contributed by atoms with Gasteiger partial charge < -0.3 is 4.74 Å². The number of sulfonamides is 1. The van der Waals surface area contributed by atoms with Crippen molar-refractivity contribution < 1.29 is 13.2 Å². The Morgan fingerprint density at radius 2 is 2.08 bits per heavy atom. The zero-order chi connectivity index (χ0) is 9.47. The van der Waals surface area contributed by atoms with Gasteiger partial charge in [0.05, 0.1) is 0 Å². The minimum atomic E-state index is -3.27. The molecule has 0 radical (unpaired) electrons. The number of fused-ring (bicyclic) bond motifs is 1. The summed E-state index contributed by atoms with van der Waals surface area (Å²) in [5.41, 5.74) is 0. The van der Waals surface area contributed by atoms with E-state index in [2.05, 4.69) is 4.40 Å². The smallest absolute Gasteiger partial charge is 0.262 e. The van der Waals surface area contributed by atoms with E-state index < -0.39 is 10.0 Å². The third-order valence-corrected chi connectivity index (χ3v) is 4.42. The molecule has 0 aromatic carbocycles. The third-order valence-electron chi connectivity index (χ3n) is 2.60. The van der Waals surface area contributed by atoms with E-state index in [4.69, 9.17) is 4.74 Å². The molecule has 2 unspecified atom stereocenters. The molecule has 2 aliphatic rings. The van der Waals surface area contributed by atoms with Crippen LogP contribution in [0.1, 0.15) is 32.6 Å². The Kier molecular flexibility index (Phi) is 2.06. The van der Waals surface area contributed by atoms with E-state index in [1.165, 1.54) is 0 Å². The van der Waals surface area contributed by atoms with Gasteiger partial charge in [-0.3, -0.25) is 0 Å². The lowest BCUT2D eigenvalue weighted by molar-refractivity contribution is 0.139. The van der Waals surface area contributed by atoms with Crippen LogP contribution in [0.3, 0.4) is 0 Å². The Hall–Kier alpha value is -0.580. The highest BCUT2D eigenvalue weighted by atomic mass is 32.2. The van der Waals surface area contributed by atoms with Crippen molar-refractivity contribution in [1.82, 2.24) is 0 Å². The van der Waals surface area contributed by atoms with Crippen LogP contribution in [0.5, 0.6) is 0 Å². The molecule has 1 heterocycles. The quantitative estimate of drug-likeness (QED) is 0.592. The summed E-state index contributed by atoms with van der Waals surface area (Å²) in [7, 11) is -3.27. The van der Waals surface area contributed by atoms with Crippen molar-refractivity contribution in [2.45, 2.75) is 44.0 Å². The standard InChI is InChI=1S/C8H13NO3S/c1-6-9-13(10,11)8-5-3-2-4-7(8)12-6/h7-8H,2-5H2,1H3. The fraction of sp³-hybridized carbons (Fsp3) is 0.875. The lowest BCUT2D eigenvalue weighted by Gasteiger charge is -2.32. The van der Waals surface area contributed by atoms with Crippen LogP contribution in [0.2, 0.25) is 0 Å². The molecule has 0 spiro atoms. The largest absolute Gasteiger partial charge is 0.476 e. The van der Waals surface area contributed by atoms with Crippen LogP contribution in [0.4, 0.5) is 0 Å². The molecule has 1 aliphatic carbocycles. The topological polar surface area (TPSA) is 55.7 Å². The van der Waals surface area contributed by atoms with Gasteiger partial charge in [-0.2, -0.15) is 0 Å². The molecule has 2 atom stereocenters. The van der Waals surface area contributed by atoms with Gasteiger partial charge in [-0.05, 0) is 19.3 Å². The van der Waals surface area contributed by atoms with E-state index in [0.29, 0.717) is 12.3 Å². The Labute approximate surface area is 78.1 Å². The maximum atomic E-state index is 11.6. The molecule has 0 N–H and O–H groups in total. The van der Waals surface area contributed by atoms with Gasteiger partial charge in [0.1, 0.15) is 11.4 Å². The van der Waals surface area contributed by atoms with Crippen LogP contribution in [0.15, 0.2) is 4.40 Å². The summed E-state index contributed by atoms with van der Waals surface area (Å²) < 4.78 is 32.1. The maximum Gasteiger partial charge on any atom is 0.262 e. The monoisotopic (exact) mass is 203 g/mol. The minimum absolute atomic E-state index is 0.142. The van der Waals surface area contributed by atoms with Crippen molar-refractivity contribution in [3.05, 3.63) is 0 Å². The maximum absolute atomic E-state index is 11.6. The van der Waals surface area contributed by atoms with Gasteiger partial charge in [-0.15, -0.1) is 4.40 Å². The van der Waals surface area contributed by atoms with Crippen molar-refractivity contribution in [2.75, 3.05) is 0 Å². The molecule has 2 rings (SSSR count). The summed E-state index contributed by atoms with van der Waals surface area (Å²) >= 11 is 0. The molecular formula is C8H13NO3S. The van der Waals surface area contributed by atoms with Gasteiger partial charge in [0.15, 0.2) is 5.90 Å². The van der Waals surface area contributed by atoms with E-state index in [0.717, 1.165) is 19.3 Å². The molecule has 0 amide bonds. The molecule has 0 aromatic rings. The van der Waals surface area contributed by atoms with Gasteiger partial charge in [0.25, 0.3) is 10.0 Å². The summed E-state index contributed by atoms with van der Waals surface area (Å²) in [6.45, 7) is 1.60. The van der Waals surface area contributed by atoms with Gasteiger partial charge in [-0.1, -0.05) is 6.42 Å². The zero-order valence-electron chi connectivity index (χ0n) is 7.56. The van der Waals surface area contributed by atoms with Crippen molar-refractivity contribution in [3.8, 4) is 0 Å². The van der Waals surface area contributed by atoms with E-state index in [1.807, 2.05) is 0 Å². The minimum Gasteiger partial charge on any atom is -0.476 e. The van der Waals surface area contributed by atoms with Crippen LogP contribution in [0, 0.1) is 0 Å². The molecular weight excluding hydrogens is 190 g/mol. The number of rotatable bonds is 0. The fourth-order valence-corrected chi connectivity index (χ4v) is 3.60. The first-order valence-electron chi connectivity index (χ1n) is 4.56. The molecule has 1 fully saturated rings. The number of ether oxygens (including phenoxy) is 1. The first kappa shape index (κ1) is 8.99. The van der Waals surface area contributed by atoms with Gasteiger partial charge in [-0.25, -0.2) is 8.42 Å². The van der Waals surface area contributed by atoms with Gasteiger partial charge in [0.2, 0.25) is 0 Å². The molecule has 1 saturated carbocycles. The predicted molar refractivity (Wildman–Crippen MR) is 49.2 cm³/mol. The number of hydrogen-bond acceptors (Lipinski definition) is 3. The summed E-state index contributed by atoms with van der Waals surface area (Å²) in [4.78, 5) is 0. The molecule has 4 nitrogen and oxygen atoms in total. The third kappa shape index (κ3) is 1.57. The lowest BCUT2D eigenvalue weighted by atomic mass is 9.97. The van der Waals surface area contributed by atoms with Crippen LogP contribution in [-0.4, -0.2) is 25.7 Å². The number of hydrogen-bond donors (Lipinski definition) is 0. The van der Waals surface area contributed by atoms with Crippen molar-refractivity contribution in [3.63, 3.8) is 0 Å².